The Hall–Kier alpha value is -3.77. The standard InChI is InChI=1S/C25H20ClNO5/c1-15-7-8-16(2)21(11-15)32-23-13-31-22-12-17(9-10-18(22)25(23)29)30-14-24(28)27-20-6-4-3-5-19(20)26/h3-13H,14H2,1-2H3,(H,27,28). The van der Waals surface area contributed by atoms with Gasteiger partial charge in [-0.05, 0) is 55.3 Å². The maximum atomic E-state index is 12.8. The van der Waals surface area contributed by atoms with Crippen molar-refractivity contribution in [2.24, 2.45) is 0 Å². The Morgan fingerprint density at radius 2 is 1.84 bits per heavy atom. The lowest BCUT2D eigenvalue weighted by Crippen LogP contribution is -2.20. The number of nitrogens with one attached hydrogen (secondary N) is 1. The van der Waals surface area contributed by atoms with Crippen molar-refractivity contribution in [3.8, 4) is 17.2 Å². The Bertz CT molecular complexity index is 1360. The maximum absolute atomic E-state index is 12.8. The molecule has 0 aliphatic carbocycles. The minimum absolute atomic E-state index is 0.0963. The molecule has 162 valence electrons. The Kier molecular flexibility index (Phi) is 6.14. The average Bonchev–Trinajstić information content (AvgIpc) is 2.78. The number of hydrogen-bond acceptors (Lipinski definition) is 5. The highest BCUT2D eigenvalue weighted by molar-refractivity contribution is 6.33. The first-order valence-corrected chi connectivity index (χ1v) is 10.3. The van der Waals surface area contributed by atoms with Crippen LogP contribution in [0.25, 0.3) is 11.0 Å². The van der Waals surface area contributed by atoms with Gasteiger partial charge >= 0.3 is 0 Å². The summed E-state index contributed by atoms with van der Waals surface area (Å²) in [6, 6.07) is 17.4. The molecular formula is C25H20ClNO5. The minimum Gasteiger partial charge on any atom is -0.484 e. The van der Waals surface area contributed by atoms with Gasteiger partial charge < -0.3 is 19.2 Å². The molecule has 0 saturated carbocycles. The molecule has 0 bridgehead atoms. The topological polar surface area (TPSA) is 77.8 Å². The molecule has 32 heavy (non-hydrogen) atoms. The highest BCUT2D eigenvalue weighted by atomic mass is 35.5. The number of halogens is 1. The number of fused-ring (bicyclic) bond motifs is 1. The normalized spacial score (nSPS) is 10.7. The summed E-state index contributed by atoms with van der Waals surface area (Å²) in [5.41, 5.74) is 2.47. The summed E-state index contributed by atoms with van der Waals surface area (Å²) >= 11 is 6.04. The van der Waals surface area contributed by atoms with Crippen LogP contribution in [0.4, 0.5) is 5.69 Å². The Morgan fingerprint density at radius 3 is 2.66 bits per heavy atom. The van der Waals surface area contributed by atoms with Crippen LogP contribution in [0, 0.1) is 13.8 Å². The number of anilines is 1. The van der Waals surface area contributed by atoms with E-state index in [9.17, 15) is 9.59 Å². The average molecular weight is 450 g/mol. The van der Waals surface area contributed by atoms with Gasteiger partial charge in [-0.15, -0.1) is 0 Å². The smallest absolute Gasteiger partial charge is 0.262 e. The minimum atomic E-state index is -0.364. The molecule has 1 N–H and O–H groups in total. The molecule has 1 heterocycles. The summed E-state index contributed by atoms with van der Waals surface area (Å²) in [6.07, 6.45) is 1.28. The third kappa shape index (κ3) is 4.76. The van der Waals surface area contributed by atoms with Crippen molar-refractivity contribution in [2.45, 2.75) is 13.8 Å². The number of benzene rings is 3. The van der Waals surface area contributed by atoms with Gasteiger partial charge in [0, 0.05) is 6.07 Å². The molecule has 0 unspecified atom stereocenters. The molecule has 0 atom stereocenters. The van der Waals surface area contributed by atoms with Gasteiger partial charge in [-0.1, -0.05) is 35.9 Å². The van der Waals surface area contributed by atoms with E-state index in [0.717, 1.165) is 11.1 Å². The fourth-order valence-corrected chi connectivity index (χ4v) is 3.27. The molecular weight excluding hydrogens is 430 g/mol. The van der Waals surface area contributed by atoms with Gasteiger partial charge in [-0.25, -0.2) is 0 Å². The maximum Gasteiger partial charge on any atom is 0.262 e. The van der Waals surface area contributed by atoms with E-state index in [0.29, 0.717) is 33.2 Å². The fourth-order valence-electron chi connectivity index (χ4n) is 3.08. The molecule has 0 radical (unpaired) electrons. The van der Waals surface area contributed by atoms with Crippen LogP contribution >= 0.6 is 11.6 Å². The second-order valence-corrected chi connectivity index (χ2v) is 7.68. The molecule has 0 saturated heterocycles. The van der Waals surface area contributed by atoms with Gasteiger partial charge in [-0.2, -0.15) is 0 Å². The van der Waals surface area contributed by atoms with Crippen molar-refractivity contribution in [1.82, 2.24) is 0 Å². The molecule has 6 nitrogen and oxygen atoms in total. The Labute approximate surface area is 189 Å². The zero-order valence-corrected chi connectivity index (χ0v) is 18.2. The summed E-state index contributed by atoms with van der Waals surface area (Å²) in [6.45, 7) is 3.63. The molecule has 0 fully saturated rings. The van der Waals surface area contributed by atoms with Crippen LogP contribution in [-0.4, -0.2) is 12.5 Å². The van der Waals surface area contributed by atoms with Crippen molar-refractivity contribution in [3.05, 3.63) is 93.3 Å². The van der Waals surface area contributed by atoms with E-state index in [4.69, 9.17) is 25.5 Å². The van der Waals surface area contributed by atoms with Crippen molar-refractivity contribution >= 4 is 34.2 Å². The number of rotatable bonds is 6. The van der Waals surface area contributed by atoms with Crippen molar-refractivity contribution in [3.63, 3.8) is 0 Å². The van der Waals surface area contributed by atoms with Crippen LogP contribution < -0.4 is 20.2 Å². The number of para-hydroxylation sites is 1. The number of ether oxygens (including phenoxy) is 2. The fraction of sp³-hybridized carbons (Fsp3) is 0.120. The van der Waals surface area contributed by atoms with Crippen LogP contribution in [0.1, 0.15) is 11.1 Å². The molecule has 4 rings (SSSR count). The van der Waals surface area contributed by atoms with Gasteiger partial charge in [0.25, 0.3) is 5.91 Å². The largest absolute Gasteiger partial charge is 0.484 e. The SMILES string of the molecule is Cc1ccc(C)c(Oc2coc3cc(OCC(=O)Nc4ccccc4Cl)ccc3c2=O)c1. The van der Waals surface area contributed by atoms with Crippen LogP contribution in [0.3, 0.4) is 0 Å². The molecule has 0 aliphatic heterocycles. The van der Waals surface area contributed by atoms with Gasteiger partial charge in [0.15, 0.2) is 6.61 Å². The summed E-state index contributed by atoms with van der Waals surface area (Å²) in [5.74, 6) is 0.718. The summed E-state index contributed by atoms with van der Waals surface area (Å²) in [4.78, 5) is 25.0. The first-order valence-electron chi connectivity index (χ1n) is 9.88. The number of carbonyl (C=O) groups excluding carboxylic acids is 1. The molecule has 1 aromatic heterocycles. The lowest BCUT2D eigenvalue weighted by atomic mass is 10.1. The molecule has 4 aromatic rings. The van der Waals surface area contributed by atoms with Gasteiger partial charge in [-0.3, -0.25) is 9.59 Å². The first-order chi connectivity index (χ1) is 15.4. The predicted octanol–water partition coefficient (Wildman–Crippen LogP) is 5.87. The summed E-state index contributed by atoms with van der Waals surface area (Å²) < 4.78 is 16.9. The van der Waals surface area contributed by atoms with E-state index in [2.05, 4.69) is 5.32 Å². The monoisotopic (exact) mass is 449 g/mol. The molecule has 7 heteroatoms. The van der Waals surface area contributed by atoms with E-state index in [1.165, 1.54) is 6.26 Å². The zero-order valence-electron chi connectivity index (χ0n) is 17.5. The van der Waals surface area contributed by atoms with Gasteiger partial charge in [0.1, 0.15) is 23.3 Å². The number of hydrogen-bond donors (Lipinski definition) is 1. The lowest BCUT2D eigenvalue weighted by molar-refractivity contribution is -0.118. The number of carbonyl (C=O) groups is 1. The van der Waals surface area contributed by atoms with Crippen LogP contribution in [0.15, 0.2) is 76.1 Å². The van der Waals surface area contributed by atoms with Crippen LogP contribution in [-0.2, 0) is 4.79 Å². The lowest BCUT2D eigenvalue weighted by Gasteiger charge is -2.10. The van der Waals surface area contributed by atoms with Crippen LogP contribution in [0.5, 0.6) is 17.2 Å². The van der Waals surface area contributed by atoms with E-state index >= 15 is 0 Å². The second kappa shape index (κ2) is 9.16. The second-order valence-electron chi connectivity index (χ2n) is 7.27. The van der Waals surface area contributed by atoms with E-state index in [1.54, 1.807) is 42.5 Å². The van der Waals surface area contributed by atoms with Gasteiger partial charge in [0.05, 0.1) is 16.1 Å². The zero-order chi connectivity index (χ0) is 22.7. The Morgan fingerprint density at radius 1 is 1.03 bits per heavy atom. The third-order valence-electron chi connectivity index (χ3n) is 4.80. The summed E-state index contributed by atoms with van der Waals surface area (Å²) in [7, 11) is 0. The molecule has 3 aromatic carbocycles. The number of aryl methyl sites for hydroxylation is 2. The molecule has 0 spiro atoms. The van der Waals surface area contributed by atoms with E-state index in [1.807, 2.05) is 32.0 Å². The first kappa shape index (κ1) is 21.5. The van der Waals surface area contributed by atoms with Gasteiger partial charge in [0.2, 0.25) is 11.2 Å². The van der Waals surface area contributed by atoms with Crippen LogP contribution in [0.2, 0.25) is 5.02 Å². The van der Waals surface area contributed by atoms with Crippen molar-refractivity contribution < 1.29 is 18.7 Å². The van der Waals surface area contributed by atoms with Crippen molar-refractivity contribution in [2.75, 3.05) is 11.9 Å². The molecule has 1 amide bonds. The number of amides is 1. The highest BCUT2D eigenvalue weighted by Crippen LogP contribution is 2.27. The quantitative estimate of drug-likeness (QED) is 0.398. The molecule has 0 aliphatic rings. The predicted molar refractivity (Wildman–Crippen MR) is 124 cm³/mol. The van der Waals surface area contributed by atoms with E-state index < -0.39 is 0 Å². The summed E-state index contributed by atoms with van der Waals surface area (Å²) in [5, 5.41) is 3.47. The highest BCUT2D eigenvalue weighted by Gasteiger charge is 2.12. The third-order valence-corrected chi connectivity index (χ3v) is 5.13. The van der Waals surface area contributed by atoms with E-state index in [-0.39, 0.29) is 23.7 Å². The Balaban J connectivity index is 1.48. The van der Waals surface area contributed by atoms with Crippen molar-refractivity contribution in [1.29, 1.82) is 0 Å².